The van der Waals surface area contributed by atoms with Crippen LogP contribution in [0.4, 0.5) is 0 Å². The van der Waals surface area contributed by atoms with Crippen molar-refractivity contribution in [2.45, 2.75) is 193 Å². The fraction of sp³-hybridized carbons (Fsp3) is 0.735. The fourth-order valence-electron chi connectivity index (χ4n) is 6.41. The molecular formula is C49H86NO7+. The summed E-state index contributed by atoms with van der Waals surface area (Å²) in [6.45, 7) is 4.59. The Morgan fingerprint density at radius 1 is 0.544 bits per heavy atom. The molecule has 0 aliphatic carbocycles. The van der Waals surface area contributed by atoms with E-state index in [1.165, 1.54) is 70.6 Å². The number of likely N-dealkylation sites (N-methyl/N-ethyl adjacent to an activating group) is 1. The number of esters is 2. The van der Waals surface area contributed by atoms with Gasteiger partial charge in [0.2, 0.25) is 0 Å². The summed E-state index contributed by atoms with van der Waals surface area (Å²) >= 11 is 0. The third kappa shape index (κ3) is 38.3. The zero-order valence-corrected chi connectivity index (χ0v) is 37.3. The highest BCUT2D eigenvalue weighted by Crippen LogP contribution is 2.14. The van der Waals surface area contributed by atoms with Crippen molar-refractivity contribution in [2.75, 3.05) is 41.0 Å². The number of allylic oxidation sites excluding steroid dienone is 10. The number of ether oxygens (including phenoxy) is 3. The van der Waals surface area contributed by atoms with E-state index < -0.39 is 18.1 Å². The van der Waals surface area contributed by atoms with Gasteiger partial charge >= 0.3 is 17.9 Å². The number of hydrogen-bond donors (Lipinski definition) is 1. The molecule has 2 unspecified atom stereocenters. The molecule has 2 atom stereocenters. The van der Waals surface area contributed by atoms with Crippen molar-refractivity contribution in [3.05, 3.63) is 60.8 Å². The molecule has 0 saturated carbocycles. The van der Waals surface area contributed by atoms with E-state index in [1.54, 1.807) is 0 Å². The van der Waals surface area contributed by atoms with E-state index in [0.29, 0.717) is 12.8 Å². The van der Waals surface area contributed by atoms with Crippen LogP contribution in [0.5, 0.6) is 0 Å². The molecule has 8 nitrogen and oxygen atoms in total. The van der Waals surface area contributed by atoms with E-state index in [-0.39, 0.29) is 42.7 Å². The van der Waals surface area contributed by atoms with E-state index in [2.05, 4.69) is 74.6 Å². The van der Waals surface area contributed by atoms with E-state index in [4.69, 9.17) is 14.2 Å². The first kappa shape index (κ1) is 54.0. The van der Waals surface area contributed by atoms with Gasteiger partial charge in [0.1, 0.15) is 6.61 Å². The lowest BCUT2D eigenvalue weighted by Gasteiger charge is -2.31. The van der Waals surface area contributed by atoms with Gasteiger partial charge in [0.25, 0.3) is 0 Å². The molecule has 0 spiro atoms. The molecule has 0 bridgehead atoms. The third-order valence-corrected chi connectivity index (χ3v) is 9.93. The van der Waals surface area contributed by atoms with Crippen LogP contribution < -0.4 is 0 Å². The van der Waals surface area contributed by atoms with Crippen molar-refractivity contribution < 1.29 is 38.2 Å². The number of quaternary nitrogens is 1. The van der Waals surface area contributed by atoms with Crippen LogP contribution in [-0.2, 0) is 28.6 Å². The van der Waals surface area contributed by atoms with Crippen LogP contribution in [0, 0.1) is 0 Å². The maximum atomic E-state index is 12.7. The normalized spacial score (nSPS) is 13.5. The third-order valence-electron chi connectivity index (χ3n) is 9.93. The highest BCUT2D eigenvalue weighted by molar-refractivity contribution is 5.72. The standard InChI is InChI=1S/C49H85NO7/c1-6-8-10-12-14-16-18-20-22-23-24-25-26-28-30-32-34-36-38-40-48(52)57-45(43-55-42-41-46(49(53)54)50(3,4)5)44-56-47(51)39-37-35-33-31-29-27-21-19-17-15-13-11-9-7-2/h8,10,14,16,20,22,24-25,28,30,45-46H,6-7,9,11-13,15,17-19,21,23,26-27,29,31-44H2,1-5H3/p+1/b10-8-,16-14-,22-20-,25-24-,30-28-. The Labute approximate surface area is 349 Å². The molecule has 0 aromatic rings. The van der Waals surface area contributed by atoms with Gasteiger partial charge in [0, 0.05) is 19.3 Å². The summed E-state index contributed by atoms with van der Waals surface area (Å²) in [5, 5.41) is 9.62. The van der Waals surface area contributed by atoms with Crippen LogP contribution in [0.25, 0.3) is 0 Å². The minimum absolute atomic E-state index is 0.0471. The lowest BCUT2D eigenvalue weighted by atomic mass is 10.0. The summed E-state index contributed by atoms with van der Waals surface area (Å²) in [5.41, 5.74) is 0. The van der Waals surface area contributed by atoms with Crippen LogP contribution in [0.1, 0.15) is 181 Å². The molecule has 0 saturated heterocycles. The van der Waals surface area contributed by atoms with Gasteiger partial charge in [-0.15, -0.1) is 0 Å². The summed E-state index contributed by atoms with van der Waals surface area (Å²) < 4.78 is 17.3. The Hall–Kier alpha value is -2.97. The molecule has 328 valence electrons. The largest absolute Gasteiger partial charge is 0.477 e. The van der Waals surface area contributed by atoms with Crippen LogP contribution in [0.3, 0.4) is 0 Å². The second-order valence-corrected chi connectivity index (χ2v) is 16.3. The summed E-state index contributed by atoms with van der Waals surface area (Å²) in [7, 11) is 5.51. The number of carbonyl (C=O) groups is 3. The van der Waals surface area contributed by atoms with Crippen molar-refractivity contribution in [1.82, 2.24) is 0 Å². The molecule has 0 aliphatic heterocycles. The lowest BCUT2D eigenvalue weighted by molar-refractivity contribution is -0.887. The molecule has 0 rings (SSSR count). The molecule has 0 aliphatic rings. The Morgan fingerprint density at radius 2 is 0.982 bits per heavy atom. The SMILES string of the molecule is CC/C=C\C/C=C\C/C=C\C/C=C\C/C=C\CCCCCC(=O)OC(COCCC(C(=O)O)[N+](C)(C)C)COC(=O)CCCCCCCCCCCCCCCC. The van der Waals surface area contributed by atoms with Crippen LogP contribution in [0.2, 0.25) is 0 Å². The first-order valence-electron chi connectivity index (χ1n) is 22.8. The molecule has 0 heterocycles. The number of aliphatic carboxylic acids is 1. The number of hydrogen-bond acceptors (Lipinski definition) is 6. The predicted octanol–water partition coefficient (Wildman–Crippen LogP) is 12.6. The number of unbranched alkanes of at least 4 members (excludes halogenated alkanes) is 16. The number of carboxylic acid groups (broad SMARTS) is 1. The summed E-state index contributed by atoms with van der Waals surface area (Å²) in [5.74, 6) is -1.51. The van der Waals surface area contributed by atoms with Crippen molar-refractivity contribution in [2.24, 2.45) is 0 Å². The van der Waals surface area contributed by atoms with Crippen LogP contribution in [-0.4, -0.2) is 80.6 Å². The Balaban J connectivity index is 4.40. The lowest BCUT2D eigenvalue weighted by Crippen LogP contribution is -2.50. The van der Waals surface area contributed by atoms with Crippen LogP contribution >= 0.6 is 0 Å². The number of rotatable bonds is 40. The topological polar surface area (TPSA) is 99.1 Å². The first-order chi connectivity index (χ1) is 27.6. The quantitative estimate of drug-likeness (QED) is 0.0285. The second-order valence-electron chi connectivity index (χ2n) is 16.3. The maximum Gasteiger partial charge on any atom is 0.362 e. The fourth-order valence-corrected chi connectivity index (χ4v) is 6.41. The zero-order valence-electron chi connectivity index (χ0n) is 37.3. The Bertz CT molecular complexity index is 1120. The molecule has 0 fully saturated rings. The Morgan fingerprint density at radius 3 is 1.46 bits per heavy atom. The highest BCUT2D eigenvalue weighted by atomic mass is 16.6. The zero-order chi connectivity index (χ0) is 42.1. The van der Waals surface area contributed by atoms with E-state index in [1.807, 2.05) is 21.1 Å². The van der Waals surface area contributed by atoms with Gasteiger partial charge in [-0.1, -0.05) is 164 Å². The van der Waals surface area contributed by atoms with Gasteiger partial charge in [-0.25, -0.2) is 4.79 Å². The van der Waals surface area contributed by atoms with Gasteiger partial charge in [-0.2, -0.15) is 0 Å². The Kier molecular flexibility index (Phi) is 37.8. The molecule has 1 N–H and O–H groups in total. The summed E-state index contributed by atoms with van der Waals surface area (Å²) in [4.78, 5) is 37.0. The molecular weight excluding hydrogens is 715 g/mol. The molecule has 0 radical (unpaired) electrons. The minimum Gasteiger partial charge on any atom is -0.477 e. The van der Waals surface area contributed by atoms with E-state index >= 15 is 0 Å². The molecule has 0 aromatic heterocycles. The molecule has 8 heteroatoms. The van der Waals surface area contributed by atoms with E-state index in [0.717, 1.165) is 77.0 Å². The average Bonchev–Trinajstić information content (AvgIpc) is 3.17. The van der Waals surface area contributed by atoms with Gasteiger partial charge in [-0.3, -0.25) is 9.59 Å². The average molecular weight is 801 g/mol. The van der Waals surface area contributed by atoms with Gasteiger partial charge in [0.15, 0.2) is 12.1 Å². The molecule has 0 aromatic carbocycles. The number of nitrogens with zero attached hydrogens (tertiary/aromatic N) is 1. The van der Waals surface area contributed by atoms with Gasteiger partial charge in [-0.05, 0) is 57.8 Å². The first-order valence-corrected chi connectivity index (χ1v) is 22.8. The maximum absolute atomic E-state index is 12.7. The second kappa shape index (κ2) is 39.8. The van der Waals surface area contributed by atoms with Gasteiger partial charge < -0.3 is 23.8 Å². The molecule has 0 amide bonds. The number of carboxylic acids is 1. The van der Waals surface area contributed by atoms with Crippen LogP contribution in [0.15, 0.2) is 60.8 Å². The van der Waals surface area contributed by atoms with Crippen molar-refractivity contribution in [3.8, 4) is 0 Å². The monoisotopic (exact) mass is 801 g/mol. The number of carbonyl (C=O) groups excluding carboxylic acids is 2. The highest BCUT2D eigenvalue weighted by Gasteiger charge is 2.31. The minimum atomic E-state index is -0.882. The van der Waals surface area contributed by atoms with Gasteiger partial charge in [0.05, 0.1) is 34.4 Å². The summed E-state index contributed by atoms with van der Waals surface area (Å²) in [6.07, 6.45) is 48.3. The van der Waals surface area contributed by atoms with Crippen molar-refractivity contribution in [1.29, 1.82) is 0 Å². The van der Waals surface area contributed by atoms with E-state index in [9.17, 15) is 19.5 Å². The molecule has 57 heavy (non-hydrogen) atoms. The smallest absolute Gasteiger partial charge is 0.362 e. The summed E-state index contributed by atoms with van der Waals surface area (Å²) in [6, 6.07) is -0.622. The van der Waals surface area contributed by atoms with Crippen molar-refractivity contribution >= 4 is 17.9 Å². The predicted molar refractivity (Wildman–Crippen MR) is 238 cm³/mol. The van der Waals surface area contributed by atoms with Crippen molar-refractivity contribution in [3.63, 3.8) is 0 Å².